The molecule has 0 radical (unpaired) electrons. The molecule has 0 atom stereocenters. The lowest BCUT2D eigenvalue weighted by Crippen LogP contribution is -2.52. The lowest BCUT2D eigenvalue weighted by atomic mass is 9.75. The molecule has 2 nitrogen and oxygen atoms in total. The van der Waals surface area contributed by atoms with Gasteiger partial charge in [-0.2, -0.15) is 0 Å². The van der Waals surface area contributed by atoms with Gasteiger partial charge in [0.05, 0.1) is 0 Å². The minimum Gasteiger partial charge on any atom is -0.340 e. The highest BCUT2D eigenvalue weighted by molar-refractivity contribution is 5.93. The Hall–Kier alpha value is -0.970. The van der Waals surface area contributed by atoms with Gasteiger partial charge in [-0.05, 0) is 31.6 Å². The molecule has 0 unspecified atom stereocenters. The predicted molar refractivity (Wildman–Crippen MR) is 43.8 cm³/mol. The minimum atomic E-state index is -0.272. The molecular weight excluding hydrogens is 138 g/mol. The summed E-state index contributed by atoms with van der Waals surface area (Å²) in [5.41, 5.74) is 0.0451. The summed E-state index contributed by atoms with van der Waals surface area (Å²) >= 11 is 0. The second-order valence-corrected chi connectivity index (χ2v) is 3.09. The second-order valence-electron chi connectivity index (χ2n) is 3.09. The first-order chi connectivity index (χ1) is 5.22. The number of nitrogens with one attached hydrogen (secondary N) is 1. The van der Waals surface area contributed by atoms with E-state index in [-0.39, 0.29) is 11.4 Å². The normalized spacial score (nSPS) is 19.6. The van der Waals surface area contributed by atoms with Gasteiger partial charge in [0.25, 0.3) is 5.91 Å². The summed E-state index contributed by atoms with van der Waals surface area (Å²) in [5, 5.41) is 2.85. The summed E-state index contributed by atoms with van der Waals surface area (Å²) in [6, 6.07) is 0. The lowest BCUT2D eigenvalue weighted by molar-refractivity contribution is -0.118. The molecule has 0 aromatic heterocycles. The highest BCUT2D eigenvalue weighted by Gasteiger charge is 2.35. The molecule has 1 aliphatic rings. The molecular formula is C9H13NO. The van der Waals surface area contributed by atoms with Crippen LogP contribution in [0, 0.1) is 12.3 Å². The standard InChI is InChI=1S/C9H13NO/c1-3-8(11)10-9(4-2)6-5-7-9/h1H,4-7H2,2H3,(H,10,11). The van der Waals surface area contributed by atoms with E-state index in [0.717, 1.165) is 19.3 Å². The topological polar surface area (TPSA) is 29.1 Å². The Kier molecular flexibility index (Phi) is 2.19. The van der Waals surface area contributed by atoms with Crippen molar-refractivity contribution in [3.8, 4) is 12.3 Å². The average Bonchev–Trinajstić information content (AvgIpc) is 1.96. The molecule has 1 amide bonds. The van der Waals surface area contributed by atoms with Gasteiger partial charge in [0.1, 0.15) is 0 Å². The highest BCUT2D eigenvalue weighted by Crippen LogP contribution is 2.34. The summed E-state index contributed by atoms with van der Waals surface area (Å²) in [6.07, 6.45) is 9.30. The minimum absolute atomic E-state index is 0.0451. The summed E-state index contributed by atoms with van der Waals surface area (Å²) < 4.78 is 0. The molecule has 1 N–H and O–H groups in total. The Morgan fingerprint density at radius 2 is 2.36 bits per heavy atom. The molecule has 0 aliphatic heterocycles. The van der Waals surface area contributed by atoms with Gasteiger partial charge >= 0.3 is 0 Å². The Labute approximate surface area is 67.4 Å². The quantitative estimate of drug-likeness (QED) is 0.588. The van der Waals surface area contributed by atoms with Crippen molar-refractivity contribution in [1.29, 1.82) is 0 Å². The first kappa shape index (κ1) is 8.13. The number of carbonyl (C=O) groups is 1. The van der Waals surface area contributed by atoms with Crippen LogP contribution in [-0.2, 0) is 4.79 Å². The van der Waals surface area contributed by atoms with Crippen LogP contribution in [0.4, 0.5) is 0 Å². The molecule has 0 heterocycles. The van der Waals surface area contributed by atoms with Crippen LogP contribution in [0.3, 0.4) is 0 Å². The van der Waals surface area contributed by atoms with E-state index in [1.54, 1.807) is 0 Å². The largest absolute Gasteiger partial charge is 0.340 e. The van der Waals surface area contributed by atoms with Crippen LogP contribution in [0.1, 0.15) is 32.6 Å². The van der Waals surface area contributed by atoms with Gasteiger partial charge in [-0.25, -0.2) is 0 Å². The maximum absolute atomic E-state index is 10.8. The van der Waals surface area contributed by atoms with Gasteiger partial charge in [-0.15, -0.1) is 6.42 Å². The van der Waals surface area contributed by atoms with Crippen LogP contribution in [0.2, 0.25) is 0 Å². The zero-order valence-electron chi connectivity index (χ0n) is 6.81. The van der Waals surface area contributed by atoms with E-state index in [1.807, 2.05) is 0 Å². The number of terminal acetylenes is 1. The summed E-state index contributed by atoms with van der Waals surface area (Å²) in [7, 11) is 0. The van der Waals surface area contributed by atoms with Gasteiger partial charge in [-0.3, -0.25) is 4.79 Å². The SMILES string of the molecule is C#CC(=O)NC1(CC)CCC1. The fourth-order valence-electron chi connectivity index (χ4n) is 1.45. The third-order valence-electron chi connectivity index (χ3n) is 2.50. The van der Waals surface area contributed by atoms with Crippen LogP contribution in [0.15, 0.2) is 0 Å². The van der Waals surface area contributed by atoms with Crippen molar-refractivity contribution in [3.63, 3.8) is 0 Å². The van der Waals surface area contributed by atoms with Gasteiger partial charge in [0.2, 0.25) is 0 Å². The molecule has 1 rings (SSSR count). The molecule has 1 fully saturated rings. The number of hydrogen-bond acceptors (Lipinski definition) is 1. The van der Waals surface area contributed by atoms with Crippen LogP contribution in [0.25, 0.3) is 0 Å². The van der Waals surface area contributed by atoms with Crippen LogP contribution < -0.4 is 5.32 Å². The number of carbonyl (C=O) groups excluding carboxylic acids is 1. The molecule has 60 valence electrons. The van der Waals surface area contributed by atoms with Gasteiger partial charge in [0.15, 0.2) is 0 Å². The van der Waals surface area contributed by atoms with Crippen LogP contribution in [-0.4, -0.2) is 11.4 Å². The monoisotopic (exact) mass is 151 g/mol. The van der Waals surface area contributed by atoms with Crippen molar-refractivity contribution in [2.75, 3.05) is 0 Å². The van der Waals surface area contributed by atoms with Crippen molar-refractivity contribution < 1.29 is 4.79 Å². The van der Waals surface area contributed by atoms with Crippen molar-refractivity contribution in [1.82, 2.24) is 5.32 Å². The van der Waals surface area contributed by atoms with Crippen molar-refractivity contribution in [3.05, 3.63) is 0 Å². The first-order valence-corrected chi connectivity index (χ1v) is 4.01. The third-order valence-corrected chi connectivity index (χ3v) is 2.50. The lowest BCUT2D eigenvalue weighted by Gasteiger charge is -2.41. The van der Waals surface area contributed by atoms with Crippen molar-refractivity contribution in [2.24, 2.45) is 0 Å². The van der Waals surface area contributed by atoms with E-state index in [2.05, 4.69) is 18.2 Å². The molecule has 1 aliphatic carbocycles. The Bertz CT molecular complexity index is 193. The van der Waals surface area contributed by atoms with E-state index in [9.17, 15) is 4.79 Å². The molecule has 2 heteroatoms. The molecule has 0 aromatic rings. The van der Waals surface area contributed by atoms with Crippen molar-refractivity contribution >= 4 is 5.91 Å². The van der Waals surface area contributed by atoms with E-state index < -0.39 is 0 Å². The van der Waals surface area contributed by atoms with Gasteiger partial charge in [0, 0.05) is 5.54 Å². The fourth-order valence-corrected chi connectivity index (χ4v) is 1.45. The van der Waals surface area contributed by atoms with Crippen LogP contribution in [0.5, 0.6) is 0 Å². The third kappa shape index (κ3) is 1.54. The summed E-state index contributed by atoms with van der Waals surface area (Å²) in [5.74, 6) is 1.80. The molecule has 0 spiro atoms. The number of rotatable bonds is 2. The van der Waals surface area contributed by atoms with Crippen molar-refractivity contribution in [2.45, 2.75) is 38.1 Å². The molecule has 0 bridgehead atoms. The maximum atomic E-state index is 10.8. The Morgan fingerprint density at radius 3 is 2.64 bits per heavy atom. The molecule has 0 aromatic carbocycles. The van der Waals surface area contributed by atoms with E-state index in [0.29, 0.717) is 0 Å². The Morgan fingerprint density at radius 1 is 1.73 bits per heavy atom. The highest BCUT2D eigenvalue weighted by atomic mass is 16.1. The zero-order chi connectivity index (χ0) is 8.32. The molecule has 1 saturated carbocycles. The predicted octanol–water partition coefficient (Wildman–Crippen LogP) is 1.07. The van der Waals surface area contributed by atoms with Crippen LogP contribution >= 0.6 is 0 Å². The second kappa shape index (κ2) is 2.96. The number of hydrogen-bond donors (Lipinski definition) is 1. The molecule has 0 saturated heterocycles. The maximum Gasteiger partial charge on any atom is 0.296 e. The average molecular weight is 151 g/mol. The Balaban J connectivity index is 2.46. The smallest absolute Gasteiger partial charge is 0.296 e. The number of amides is 1. The van der Waals surface area contributed by atoms with Gasteiger partial charge < -0.3 is 5.32 Å². The zero-order valence-corrected chi connectivity index (χ0v) is 6.81. The van der Waals surface area contributed by atoms with E-state index >= 15 is 0 Å². The fraction of sp³-hybridized carbons (Fsp3) is 0.667. The van der Waals surface area contributed by atoms with E-state index in [1.165, 1.54) is 6.42 Å². The summed E-state index contributed by atoms with van der Waals surface area (Å²) in [4.78, 5) is 10.8. The molecule has 11 heavy (non-hydrogen) atoms. The summed E-state index contributed by atoms with van der Waals surface area (Å²) in [6.45, 7) is 2.08. The first-order valence-electron chi connectivity index (χ1n) is 4.01. The van der Waals surface area contributed by atoms with Gasteiger partial charge in [-0.1, -0.05) is 6.92 Å². The van der Waals surface area contributed by atoms with E-state index in [4.69, 9.17) is 6.42 Å².